The number of furan rings is 1. The Hall–Kier alpha value is -1.81. The lowest BCUT2D eigenvalue weighted by atomic mass is 10.0. The van der Waals surface area contributed by atoms with Gasteiger partial charge in [-0.25, -0.2) is 0 Å². The Morgan fingerprint density at radius 2 is 2.21 bits per heavy atom. The minimum absolute atomic E-state index is 0.0617. The number of hydrogen-bond donors (Lipinski definition) is 1. The number of aromatic nitrogens is 1. The maximum atomic E-state index is 6.17. The highest BCUT2D eigenvalue weighted by Crippen LogP contribution is 2.21. The standard InChI is InChI=1S/C15H20N2O2/c1-11(2)19-14-8-12(9-17-10-14)15(16)6-5-13-4-3-7-18-13/h3-4,7-11,15H,5-6,16H2,1-2H3. The Morgan fingerprint density at radius 3 is 2.89 bits per heavy atom. The van der Waals surface area contributed by atoms with Gasteiger partial charge in [0.15, 0.2) is 0 Å². The van der Waals surface area contributed by atoms with Gasteiger partial charge < -0.3 is 14.9 Å². The number of pyridine rings is 1. The number of rotatable bonds is 6. The van der Waals surface area contributed by atoms with Crippen molar-refractivity contribution in [3.63, 3.8) is 0 Å². The molecule has 0 saturated carbocycles. The van der Waals surface area contributed by atoms with E-state index in [1.165, 1.54) is 0 Å². The number of aryl methyl sites for hydroxylation is 1. The number of nitrogens with two attached hydrogens (primary N) is 1. The maximum Gasteiger partial charge on any atom is 0.138 e. The van der Waals surface area contributed by atoms with Crippen LogP contribution in [0.25, 0.3) is 0 Å². The van der Waals surface area contributed by atoms with E-state index in [0.717, 1.165) is 29.9 Å². The average Bonchev–Trinajstić information content (AvgIpc) is 2.88. The van der Waals surface area contributed by atoms with Gasteiger partial charge in [0.05, 0.1) is 18.6 Å². The summed E-state index contributed by atoms with van der Waals surface area (Å²) in [6.45, 7) is 3.98. The Labute approximate surface area is 113 Å². The van der Waals surface area contributed by atoms with E-state index in [1.807, 2.05) is 32.0 Å². The molecule has 102 valence electrons. The van der Waals surface area contributed by atoms with Crippen LogP contribution in [-0.2, 0) is 6.42 Å². The number of hydrogen-bond acceptors (Lipinski definition) is 4. The van der Waals surface area contributed by atoms with Crippen molar-refractivity contribution in [3.05, 3.63) is 48.2 Å². The highest BCUT2D eigenvalue weighted by Gasteiger charge is 2.09. The molecule has 0 saturated heterocycles. The van der Waals surface area contributed by atoms with Crippen LogP contribution in [0.15, 0.2) is 41.3 Å². The van der Waals surface area contributed by atoms with Gasteiger partial charge in [-0.2, -0.15) is 0 Å². The predicted octanol–water partition coefficient (Wildman–Crippen LogP) is 3.09. The average molecular weight is 260 g/mol. The summed E-state index contributed by atoms with van der Waals surface area (Å²) in [5.74, 6) is 1.72. The summed E-state index contributed by atoms with van der Waals surface area (Å²) in [6, 6.07) is 5.75. The third kappa shape index (κ3) is 4.10. The van der Waals surface area contributed by atoms with Crippen LogP contribution in [-0.4, -0.2) is 11.1 Å². The fourth-order valence-electron chi connectivity index (χ4n) is 1.89. The molecule has 2 rings (SSSR count). The minimum atomic E-state index is -0.0617. The third-order valence-electron chi connectivity index (χ3n) is 2.82. The van der Waals surface area contributed by atoms with Crippen LogP contribution in [0.4, 0.5) is 0 Å². The summed E-state index contributed by atoms with van der Waals surface area (Å²) in [5.41, 5.74) is 7.16. The van der Waals surface area contributed by atoms with Gasteiger partial charge in [-0.3, -0.25) is 4.98 Å². The second-order valence-corrected chi connectivity index (χ2v) is 4.85. The largest absolute Gasteiger partial charge is 0.489 e. The van der Waals surface area contributed by atoms with E-state index < -0.39 is 0 Å². The Kier molecular flexibility index (Phi) is 4.58. The molecule has 0 aliphatic carbocycles. The first-order valence-corrected chi connectivity index (χ1v) is 6.54. The highest BCUT2D eigenvalue weighted by molar-refractivity contribution is 5.26. The molecule has 0 amide bonds. The molecule has 2 heterocycles. The number of nitrogens with zero attached hydrogens (tertiary/aromatic N) is 1. The van der Waals surface area contributed by atoms with Crippen LogP contribution >= 0.6 is 0 Å². The van der Waals surface area contributed by atoms with Crippen molar-refractivity contribution < 1.29 is 9.15 Å². The predicted molar refractivity (Wildman–Crippen MR) is 74.0 cm³/mol. The van der Waals surface area contributed by atoms with Crippen LogP contribution < -0.4 is 10.5 Å². The molecule has 19 heavy (non-hydrogen) atoms. The van der Waals surface area contributed by atoms with Gasteiger partial charge in [-0.15, -0.1) is 0 Å². The molecule has 0 bridgehead atoms. The molecule has 0 aliphatic rings. The SMILES string of the molecule is CC(C)Oc1cncc(C(N)CCc2ccco2)c1. The zero-order chi connectivity index (χ0) is 13.7. The van der Waals surface area contributed by atoms with E-state index in [2.05, 4.69) is 4.98 Å². The van der Waals surface area contributed by atoms with Gasteiger partial charge in [0.2, 0.25) is 0 Å². The molecular formula is C15H20N2O2. The lowest BCUT2D eigenvalue weighted by Gasteiger charge is -2.14. The zero-order valence-electron chi connectivity index (χ0n) is 11.4. The van der Waals surface area contributed by atoms with Crippen LogP contribution in [0.5, 0.6) is 5.75 Å². The molecule has 4 heteroatoms. The summed E-state index contributed by atoms with van der Waals surface area (Å²) in [5, 5.41) is 0. The molecule has 0 fully saturated rings. The molecule has 4 nitrogen and oxygen atoms in total. The van der Waals surface area contributed by atoms with Gasteiger partial charge in [-0.1, -0.05) is 0 Å². The molecule has 0 radical (unpaired) electrons. The van der Waals surface area contributed by atoms with Crippen LogP contribution in [0, 0.1) is 0 Å². The molecule has 0 aliphatic heterocycles. The summed E-state index contributed by atoms with van der Waals surface area (Å²) >= 11 is 0. The molecule has 1 atom stereocenters. The number of ether oxygens (including phenoxy) is 1. The van der Waals surface area contributed by atoms with E-state index in [0.29, 0.717) is 0 Å². The monoisotopic (exact) mass is 260 g/mol. The first-order valence-electron chi connectivity index (χ1n) is 6.54. The summed E-state index contributed by atoms with van der Waals surface area (Å²) in [7, 11) is 0. The normalized spacial score (nSPS) is 12.6. The Bertz CT molecular complexity index is 495. The van der Waals surface area contributed by atoms with Gasteiger partial charge in [0.1, 0.15) is 11.5 Å². The molecule has 1 unspecified atom stereocenters. The van der Waals surface area contributed by atoms with E-state index in [-0.39, 0.29) is 12.1 Å². The van der Waals surface area contributed by atoms with Gasteiger partial charge in [-0.05, 0) is 44.0 Å². The summed E-state index contributed by atoms with van der Waals surface area (Å²) < 4.78 is 10.9. The van der Waals surface area contributed by atoms with Crippen molar-refractivity contribution in [3.8, 4) is 5.75 Å². The molecule has 0 aromatic carbocycles. The zero-order valence-corrected chi connectivity index (χ0v) is 11.4. The Balaban J connectivity index is 1.96. The van der Waals surface area contributed by atoms with Crippen molar-refractivity contribution in [2.24, 2.45) is 5.73 Å². The van der Waals surface area contributed by atoms with Gasteiger partial charge >= 0.3 is 0 Å². The second kappa shape index (κ2) is 6.38. The maximum absolute atomic E-state index is 6.17. The summed E-state index contributed by atoms with van der Waals surface area (Å²) in [4.78, 5) is 4.18. The van der Waals surface area contributed by atoms with E-state index in [4.69, 9.17) is 14.9 Å². The molecule has 0 spiro atoms. The van der Waals surface area contributed by atoms with Crippen LogP contribution in [0.2, 0.25) is 0 Å². The second-order valence-electron chi connectivity index (χ2n) is 4.85. The van der Waals surface area contributed by atoms with Crippen LogP contribution in [0.3, 0.4) is 0 Å². The fraction of sp³-hybridized carbons (Fsp3) is 0.400. The van der Waals surface area contributed by atoms with E-state index in [9.17, 15) is 0 Å². The van der Waals surface area contributed by atoms with Crippen molar-refractivity contribution >= 4 is 0 Å². The lowest BCUT2D eigenvalue weighted by Crippen LogP contribution is -2.12. The first kappa shape index (κ1) is 13.6. The topological polar surface area (TPSA) is 61.3 Å². The van der Waals surface area contributed by atoms with Crippen molar-refractivity contribution in [1.82, 2.24) is 4.98 Å². The van der Waals surface area contributed by atoms with Gasteiger partial charge in [0, 0.05) is 18.7 Å². The van der Waals surface area contributed by atoms with Crippen molar-refractivity contribution in [2.45, 2.75) is 38.8 Å². The molecular weight excluding hydrogens is 240 g/mol. The Morgan fingerprint density at radius 1 is 1.37 bits per heavy atom. The quantitative estimate of drug-likeness (QED) is 0.867. The molecule has 2 N–H and O–H groups in total. The third-order valence-corrected chi connectivity index (χ3v) is 2.82. The minimum Gasteiger partial charge on any atom is -0.489 e. The van der Waals surface area contributed by atoms with Crippen LogP contribution in [0.1, 0.15) is 37.6 Å². The molecule has 2 aromatic heterocycles. The van der Waals surface area contributed by atoms with Gasteiger partial charge in [0.25, 0.3) is 0 Å². The van der Waals surface area contributed by atoms with Crippen molar-refractivity contribution in [2.75, 3.05) is 0 Å². The molecule has 2 aromatic rings. The first-order chi connectivity index (χ1) is 9.15. The van der Waals surface area contributed by atoms with E-state index >= 15 is 0 Å². The highest BCUT2D eigenvalue weighted by atomic mass is 16.5. The van der Waals surface area contributed by atoms with Crippen molar-refractivity contribution in [1.29, 1.82) is 0 Å². The fourth-order valence-corrected chi connectivity index (χ4v) is 1.89. The van der Waals surface area contributed by atoms with E-state index in [1.54, 1.807) is 18.7 Å². The smallest absolute Gasteiger partial charge is 0.138 e. The summed E-state index contributed by atoms with van der Waals surface area (Å²) in [6.07, 6.45) is 6.96. The lowest BCUT2D eigenvalue weighted by molar-refractivity contribution is 0.241.